The monoisotopic (exact) mass is 588 g/mol. The lowest BCUT2D eigenvalue weighted by atomic mass is 9.99. The largest absolute Gasteiger partial charge is 0.481 e. The molecule has 216 valence electrons. The van der Waals surface area contributed by atoms with E-state index >= 15 is 4.39 Å². The Labute approximate surface area is 243 Å². The Morgan fingerprint density at radius 2 is 1.76 bits per heavy atom. The van der Waals surface area contributed by atoms with Gasteiger partial charge in [-0.1, -0.05) is 24.3 Å². The molecule has 1 N–H and O–H groups in total. The molecule has 3 aromatic carbocycles. The van der Waals surface area contributed by atoms with Crippen LogP contribution in [0.25, 0.3) is 33.3 Å². The molecule has 0 bridgehead atoms. The van der Waals surface area contributed by atoms with Crippen LogP contribution in [-0.4, -0.2) is 45.3 Å². The van der Waals surface area contributed by atoms with Crippen molar-refractivity contribution in [1.29, 1.82) is 0 Å². The van der Waals surface area contributed by atoms with Gasteiger partial charge in [-0.25, -0.2) is 27.2 Å². The van der Waals surface area contributed by atoms with Crippen LogP contribution in [0.1, 0.15) is 12.5 Å². The van der Waals surface area contributed by atoms with Crippen molar-refractivity contribution in [2.45, 2.75) is 18.7 Å². The topological polar surface area (TPSA) is 84.4 Å². The second-order valence-electron chi connectivity index (χ2n) is 9.97. The third-order valence-corrected chi connectivity index (χ3v) is 8.38. The van der Waals surface area contributed by atoms with Gasteiger partial charge in [0.15, 0.2) is 9.84 Å². The molecule has 42 heavy (non-hydrogen) atoms. The predicted molar refractivity (Wildman–Crippen MR) is 163 cm³/mol. The summed E-state index contributed by atoms with van der Waals surface area (Å²) < 4.78 is 60.6. The van der Waals surface area contributed by atoms with E-state index in [0.717, 1.165) is 41.7 Å². The van der Waals surface area contributed by atoms with Gasteiger partial charge < -0.3 is 15.0 Å². The number of sulfone groups is 1. The summed E-state index contributed by atoms with van der Waals surface area (Å²) in [6.45, 7) is 4.52. The van der Waals surface area contributed by atoms with Crippen LogP contribution in [0.15, 0.2) is 77.8 Å². The van der Waals surface area contributed by atoms with Crippen molar-refractivity contribution in [3.63, 3.8) is 0 Å². The molecule has 5 rings (SSSR count). The van der Waals surface area contributed by atoms with E-state index in [2.05, 4.69) is 20.2 Å². The number of rotatable bonds is 8. The lowest BCUT2D eigenvalue weighted by molar-refractivity contribution is 0.398. The number of halogens is 2. The summed E-state index contributed by atoms with van der Waals surface area (Å²) in [5.74, 6) is -1.12. The SMILES string of the molecule is CCN(C)c1ccc(-c2ccc(OC)nc2)c(Nc2c(C)c(-c3ccccc3S(C)(=O)=O)nc3cc(F)cc(F)c23)c1. The lowest BCUT2D eigenvalue weighted by Crippen LogP contribution is -2.15. The summed E-state index contributed by atoms with van der Waals surface area (Å²) in [6, 6.07) is 17.9. The van der Waals surface area contributed by atoms with E-state index in [1.807, 2.05) is 38.2 Å². The molecule has 2 heterocycles. The maximum absolute atomic E-state index is 15.5. The van der Waals surface area contributed by atoms with Gasteiger partial charge >= 0.3 is 0 Å². The highest BCUT2D eigenvalue weighted by molar-refractivity contribution is 7.90. The smallest absolute Gasteiger partial charge is 0.212 e. The van der Waals surface area contributed by atoms with Crippen molar-refractivity contribution < 1.29 is 21.9 Å². The number of fused-ring (bicyclic) bond motifs is 1. The lowest BCUT2D eigenvalue weighted by Gasteiger charge is -2.23. The molecule has 0 radical (unpaired) electrons. The zero-order valence-corrected chi connectivity index (χ0v) is 24.7. The fourth-order valence-corrected chi connectivity index (χ4v) is 5.80. The Hall–Kier alpha value is -4.57. The minimum absolute atomic E-state index is 0.0494. The Balaban J connectivity index is 1.80. The van der Waals surface area contributed by atoms with Gasteiger partial charge in [0.05, 0.1) is 34.3 Å². The van der Waals surface area contributed by atoms with Crippen LogP contribution in [0.3, 0.4) is 0 Å². The van der Waals surface area contributed by atoms with E-state index in [1.165, 1.54) is 6.07 Å². The average molecular weight is 589 g/mol. The number of pyridine rings is 2. The van der Waals surface area contributed by atoms with E-state index in [9.17, 15) is 12.8 Å². The number of hydrogen-bond acceptors (Lipinski definition) is 7. The molecule has 0 saturated carbocycles. The normalized spacial score (nSPS) is 11.5. The molecule has 0 aliphatic carbocycles. The molecule has 2 aromatic heterocycles. The zero-order valence-electron chi connectivity index (χ0n) is 23.9. The summed E-state index contributed by atoms with van der Waals surface area (Å²) in [7, 11) is -0.136. The zero-order chi connectivity index (χ0) is 30.2. The van der Waals surface area contributed by atoms with Crippen molar-refractivity contribution >= 4 is 37.8 Å². The van der Waals surface area contributed by atoms with Gasteiger partial charge in [-0.2, -0.15) is 0 Å². The van der Waals surface area contributed by atoms with Crippen LogP contribution in [0, 0.1) is 18.6 Å². The molecule has 0 aliphatic heterocycles. The first-order chi connectivity index (χ1) is 20.0. The van der Waals surface area contributed by atoms with Gasteiger partial charge in [0.1, 0.15) is 11.6 Å². The van der Waals surface area contributed by atoms with E-state index in [0.29, 0.717) is 34.1 Å². The number of ether oxygens (including phenoxy) is 1. The summed E-state index contributed by atoms with van der Waals surface area (Å²) >= 11 is 0. The minimum Gasteiger partial charge on any atom is -0.481 e. The Kier molecular flexibility index (Phi) is 7.83. The van der Waals surface area contributed by atoms with Crippen molar-refractivity contribution in [3.8, 4) is 28.3 Å². The van der Waals surface area contributed by atoms with E-state index in [4.69, 9.17) is 4.74 Å². The molecule has 0 unspecified atom stereocenters. The first-order valence-electron chi connectivity index (χ1n) is 13.2. The maximum Gasteiger partial charge on any atom is 0.212 e. The number of nitrogens with zero attached hydrogens (tertiary/aromatic N) is 3. The van der Waals surface area contributed by atoms with Gasteiger partial charge in [-0.3, -0.25) is 0 Å². The Bertz CT molecular complexity index is 1910. The molecular formula is C32H30F2N4O3S. The fraction of sp³-hybridized carbons (Fsp3) is 0.188. The molecule has 7 nitrogen and oxygen atoms in total. The van der Waals surface area contributed by atoms with Crippen LogP contribution in [0.2, 0.25) is 0 Å². The number of hydrogen-bond donors (Lipinski definition) is 1. The summed E-state index contributed by atoms with van der Waals surface area (Å²) in [5, 5.41) is 3.51. The summed E-state index contributed by atoms with van der Waals surface area (Å²) in [4.78, 5) is 11.1. The Morgan fingerprint density at radius 1 is 1.00 bits per heavy atom. The molecule has 10 heteroatoms. The number of methoxy groups -OCH3 is 1. The van der Waals surface area contributed by atoms with Crippen LogP contribution in [-0.2, 0) is 9.84 Å². The van der Waals surface area contributed by atoms with Crippen molar-refractivity contribution in [1.82, 2.24) is 9.97 Å². The summed E-state index contributed by atoms with van der Waals surface area (Å²) in [6.07, 6.45) is 2.80. The van der Waals surface area contributed by atoms with Crippen molar-refractivity contribution in [3.05, 3.63) is 90.1 Å². The molecular weight excluding hydrogens is 558 g/mol. The molecule has 5 aromatic rings. The van der Waals surface area contributed by atoms with Gasteiger partial charge in [-0.05, 0) is 43.7 Å². The van der Waals surface area contributed by atoms with E-state index < -0.39 is 21.5 Å². The quantitative estimate of drug-likeness (QED) is 0.206. The first kappa shape index (κ1) is 28.9. The number of aromatic nitrogens is 2. The second-order valence-corrected chi connectivity index (χ2v) is 12.0. The van der Waals surface area contributed by atoms with Crippen LogP contribution in [0.5, 0.6) is 5.88 Å². The molecule has 0 atom stereocenters. The predicted octanol–water partition coefficient (Wildman–Crippen LogP) is 7.16. The highest BCUT2D eigenvalue weighted by atomic mass is 32.2. The maximum atomic E-state index is 15.5. The average Bonchev–Trinajstić information content (AvgIpc) is 2.97. The number of nitrogens with one attached hydrogen (secondary N) is 1. The van der Waals surface area contributed by atoms with Gasteiger partial charge in [0.25, 0.3) is 0 Å². The van der Waals surface area contributed by atoms with Gasteiger partial charge in [-0.15, -0.1) is 0 Å². The first-order valence-corrected chi connectivity index (χ1v) is 15.1. The molecule has 0 amide bonds. The van der Waals surface area contributed by atoms with Crippen LogP contribution < -0.4 is 15.0 Å². The highest BCUT2D eigenvalue weighted by Crippen LogP contribution is 2.41. The van der Waals surface area contributed by atoms with E-state index in [1.54, 1.807) is 44.5 Å². The molecule has 0 saturated heterocycles. The van der Waals surface area contributed by atoms with Gasteiger partial charge in [0, 0.05) is 72.3 Å². The third-order valence-electron chi connectivity index (χ3n) is 7.22. The molecule has 0 spiro atoms. The Morgan fingerprint density at radius 3 is 2.43 bits per heavy atom. The highest BCUT2D eigenvalue weighted by Gasteiger charge is 2.23. The second kappa shape index (κ2) is 11.4. The molecule has 0 fully saturated rings. The van der Waals surface area contributed by atoms with Crippen LogP contribution in [0.4, 0.5) is 25.8 Å². The standard InChI is InChI=1S/C32H30F2N4O3S/c1-6-38(3)22-12-13-23(20-11-14-29(41-4)35-18-20)26(17-22)36-32-19(2)31(24-9-7-8-10-28(24)42(5,39)40)37-27-16-21(33)15-25(34)30(27)32/h7-18H,6H2,1-5H3,(H,36,37). The number of benzene rings is 3. The third kappa shape index (κ3) is 5.49. The van der Waals surface area contributed by atoms with Crippen molar-refractivity contribution in [2.24, 2.45) is 0 Å². The van der Waals surface area contributed by atoms with Gasteiger partial charge in [0.2, 0.25) is 5.88 Å². The summed E-state index contributed by atoms with van der Waals surface area (Å²) in [5.41, 5.74) is 4.64. The number of anilines is 3. The van der Waals surface area contributed by atoms with E-state index in [-0.39, 0.29) is 15.8 Å². The van der Waals surface area contributed by atoms with Crippen molar-refractivity contribution in [2.75, 3.05) is 37.2 Å². The van der Waals surface area contributed by atoms with Crippen LogP contribution >= 0.6 is 0 Å². The fourth-order valence-electron chi connectivity index (χ4n) is 4.91. The minimum atomic E-state index is -3.64. The molecule has 0 aliphatic rings.